The third-order valence-corrected chi connectivity index (χ3v) is 2.45. The highest BCUT2D eigenvalue weighted by atomic mass is 35.5. The van der Waals surface area contributed by atoms with Gasteiger partial charge in [0.1, 0.15) is 6.04 Å². The molecule has 0 aromatic heterocycles. The second-order valence-electron chi connectivity index (χ2n) is 3.19. The second kappa shape index (κ2) is 5.14. The molecule has 0 aliphatic heterocycles. The summed E-state index contributed by atoms with van der Waals surface area (Å²) in [6.45, 7) is 0. The van der Waals surface area contributed by atoms with E-state index >= 15 is 0 Å². The van der Waals surface area contributed by atoms with Gasteiger partial charge in [-0.05, 0) is 12.1 Å². The number of aliphatic carboxylic acids is 1. The minimum Gasteiger partial charge on any atom is -0.493 e. The highest BCUT2D eigenvalue weighted by Crippen LogP contribution is 2.30. The van der Waals surface area contributed by atoms with E-state index < -0.39 is 17.8 Å². The van der Waals surface area contributed by atoms with E-state index in [1.54, 1.807) is 0 Å². The molecule has 0 saturated carbocycles. The molecule has 0 amide bonds. The van der Waals surface area contributed by atoms with E-state index in [9.17, 15) is 9.18 Å². The van der Waals surface area contributed by atoms with Crippen molar-refractivity contribution in [1.82, 2.24) is 0 Å². The Morgan fingerprint density at radius 1 is 1.69 bits per heavy atom. The Bertz CT molecular complexity index is 411. The lowest BCUT2D eigenvalue weighted by Crippen LogP contribution is -2.32. The van der Waals surface area contributed by atoms with Crippen LogP contribution < -0.4 is 10.5 Å². The maximum atomic E-state index is 13.3. The maximum Gasteiger partial charge on any atom is 0.320 e. The SMILES string of the molecule is COc1c(F)ccc(Cl)c1CC(N)C(=O)O. The second-order valence-corrected chi connectivity index (χ2v) is 3.60. The van der Waals surface area contributed by atoms with Gasteiger partial charge in [-0.3, -0.25) is 4.79 Å². The summed E-state index contributed by atoms with van der Waals surface area (Å²) in [5, 5.41) is 8.90. The molecular formula is C10H11ClFNO3. The van der Waals surface area contributed by atoms with Gasteiger partial charge >= 0.3 is 5.97 Å². The lowest BCUT2D eigenvalue weighted by Gasteiger charge is -2.13. The number of ether oxygens (including phenoxy) is 1. The molecule has 1 aromatic carbocycles. The van der Waals surface area contributed by atoms with Crippen LogP contribution in [0.2, 0.25) is 5.02 Å². The number of carbonyl (C=O) groups is 1. The Kier molecular flexibility index (Phi) is 4.09. The Labute approximate surface area is 96.8 Å². The molecule has 0 radical (unpaired) electrons. The van der Waals surface area contributed by atoms with Crippen LogP contribution in [0.4, 0.5) is 4.39 Å². The molecule has 0 heterocycles. The van der Waals surface area contributed by atoms with Crippen LogP contribution in [0.1, 0.15) is 5.56 Å². The molecule has 88 valence electrons. The van der Waals surface area contributed by atoms with E-state index in [1.165, 1.54) is 13.2 Å². The number of nitrogens with two attached hydrogens (primary N) is 1. The molecule has 0 saturated heterocycles. The molecule has 0 bridgehead atoms. The van der Waals surface area contributed by atoms with Gasteiger partial charge in [-0.2, -0.15) is 0 Å². The van der Waals surface area contributed by atoms with Crippen LogP contribution in [0.5, 0.6) is 5.75 Å². The normalized spacial score (nSPS) is 12.2. The molecule has 0 aliphatic carbocycles. The van der Waals surface area contributed by atoms with Gasteiger partial charge in [0.2, 0.25) is 0 Å². The van der Waals surface area contributed by atoms with E-state index in [2.05, 4.69) is 0 Å². The van der Waals surface area contributed by atoms with E-state index in [0.29, 0.717) is 0 Å². The predicted octanol–water partition coefficient (Wildman–Crippen LogP) is 1.44. The van der Waals surface area contributed by atoms with Crippen molar-refractivity contribution >= 4 is 17.6 Å². The minimum absolute atomic E-state index is 0.0656. The summed E-state index contributed by atoms with van der Waals surface area (Å²) in [6.07, 6.45) is -0.0882. The lowest BCUT2D eigenvalue weighted by molar-refractivity contribution is -0.138. The van der Waals surface area contributed by atoms with E-state index in [0.717, 1.165) is 6.07 Å². The minimum atomic E-state index is -1.18. The van der Waals surface area contributed by atoms with Crippen LogP contribution in [0.3, 0.4) is 0 Å². The molecular weight excluding hydrogens is 237 g/mol. The summed E-state index contributed by atoms with van der Waals surface area (Å²) in [7, 11) is 1.28. The van der Waals surface area contributed by atoms with Crippen LogP contribution in [0.15, 0.2) is 12.1 Å². The smallest absolute Gasteiger partial charge is 0.320 e. The molecule has 0 fully saturated rings. The number of methoxy groups -OCH3 is 1. The number of carboxylic acid groups (broad SMARTS) is 1. The molecule has 16 heavy (non-hydrogen) atoms. The highest BCUT2D eigenvalue weighted by molar-refractivity contribution is 6.31. The number of halogens is 2. The number of benzene rings is 1. The van der Waals surface area contributed by atoms with Crippen molar-refractivity contribution in [1.29, 1.82) is 0 Å². The van der Waals surface area contributed by atoms with Crippen LogP contribution in [-0.2, 0) is 11.2 Å². The Hall–Kier alpha value is -1.33. The first kappa shape index (κ1) is 12.7. The zero-order valence-electron chi connectivity index (χ0n) is 8.54. The van der Waals surface area contributed by atoms with E-state index in [-0.39, 0.29) is 22.8 Å². The van der Waals surface area contributed by atoms with Crippen LogP contribution in [0.25, 0.3) is 0 Å². The molecule has 1 aromatic rings. The first-order valence-corrected chi connectivity index (χ1v) is 4.84. The highest BCUT2D eigenvalue weighted by Gasteiger charge is 2.19. The first-order chi connectivity index (χ1) is 7.47. The summed E-state index contributed by atoms with van der Waals surface area (Å²) in [5.41, 5.74) is 5.62. The quantitative estimate of drug-likeness (QED) is 0.845. The van der Waals surface area contributed by atoms with Crippen molar-refractivity contribution in [3.8, 4) is 5.75 Å². The van der Waals surface area contributed by atoms with E-state index in [1.807, 2.05) is 0 Å². The van der Waals surface area contributed by atoms with Gasteiger partial charge in [0.25, 0.3) is 0 Å². The fourth-order valence-corrected chi connectivity index (χ4v) is 1.52. The monoisotopic (exact) mass is 247 g/mol. The predicted molar refractivity (Wildman–Crippen MR) is 57.3 cm³/mol. The molecule has 0 spiro atoms. The van der Waals surface area contributed by atoms with Gasteiger partial charge in [0.15, 0.2) is 11.6 Å². The number of rotatable bonds is 4. The van der Waals surface area contributed by atoms with Crippen molar-refractivity contribution in [2.75, 3.05) is 7.11 Å². The van der Waals surface area contributed by atoms with Gasteiger partial charge in [-0.25, -0.2) is 4.39 Å². The van der Waals surface area contributed by atoms with Crippen molar-refractivity contribution in [3.63, 3.8) is 0 Å². The third-order valence-electron chi connectivity index (χ3n) is 2.10. The maximum absolute atomic E-state index is 13.3. The van der Waals surface area contributed by atoms with Crippen LogP contribution in [-0.4, -0.2) is 24.2 Å². The third kappa shape index (κ3) is 2.62. The Balaban J connectivity index is 3.11. The largest absolute Gasteiger partial charge is 0.493 e. The van der Waals surface area contributed by atoms with Gasteiger partial charge < -0.3 is 15.6 Å². The van der Waals surface area contributed by atoms with Gasteiger partial charge in [0.05, 0.1) is 7.11 Å². The molecule has 1 unspecified atom stereocenters. The zero-order valence-corrected chi connectivity index (χ0v) is 9.29. The van der Waals surface area contributed by atoms with Crippen molar-refractivity contribution in [2.45, 2.75) is 12.5 Å². The molecule has 3 N–H and O–H groups in total. The van der Waals surface area contributed by atoms with E-state index in [4.69, 9.17) is 27.2 Å². The zero-order chi connectivity index (χ0) is 12.3. The number of hydrogen-bond donors (Lipinski definition) is 2. The summed E-state index contributed by atoms with van der Waals surface area (Å²) in [5.74, 6) is -1.84. The number of carboxylic acids is 1. The number of hydrogen-bond acceptors (Lipinski definition) is 3. The average Bonchev–Trinajstić information content (AvgIpc) is 2.23. The molecule has 1 atom stereocenters. The standard InChI is InChI=1S/C10H11ClFNO3/c1-16-9-5(4-8(13)10(14)15)6(11)2-3-7(9)12/h2-3,8H,4,13H2,1H3,(H,14,15). The molecule has 1 rings (SSSR count). The summed E-state index contributed by atoms with van der Waals surface area (Å²) >= 11 is 5.83. The lowest BCUT2D eigenvalue weighted by atomic mass is 10.1. The van der Waals surface area contributed by atoms with Crippen molar-refractivity contribution in [2.24, 2.45) is 5.73 Å². The summed E-state index contributed by atoms with van der Waals surface area (Å²) < 4.78 is 18.1. The van der Waals surface area contributed by atoms with Gasteiger partial charge in [0, 0.05) is 17.0 Å². The molecule has 6 heteroatoms. The fraction of sp³-hybridized carbons (Fsp3) is 0.300. The van der Waals surface area contributed by atoms with Gasteiger partial charge in [-0.15, -0.1) is 0 Å². The van der Waals surface area contributed by atoms with Crippen LogP contribution >= 0.6 is 11.6 Å². The van der Waals surface area contributed by atoms with Crippen LogP contribution in [0, 0.1) is 5.82 Å². The fourth-order valence-electron chi connectivity index (χ4n) is 1.29. The molecule has 0 aliphatic rings. The first-order valence-electron chi connectivity index (χ1n) is 4.46. The Morgan fingerprint density at radius 2 is 2.31 bits per heavy atom. The Morgan fingerprint density at radius 3 is 2.81 bits per heavy atom. The summed E-state index contributed by atoms with van der Waals surface area (Å²) in [4.78, 5) is 10.6. The van der Waals surface area contributed by atoms with Crippen molar-refractivity contribution in [3.05, 3.63) is 28.5 Å². The van der Waals surface area contributed by atoms with Crippen molar-refractivity contribution < 1.29 is 19.0 Å². The average molecular weight is 248 g/mol. The topological polar surface area (TPSA) is 72.5 Å². The molecule has 4 nitrogen and oxygen atoms in total. The van der Waals surface area contributed by atoms with Gasteiger partial charge in [-0.1, -0.05) is 11.6 Å². The summed E-state index contributed by atoms with van der Waals surface area (Å²) in [6, 6.07) is 1.34.